The molecule has 2 aliphatic heterocycles. The average molecular weight is 516 g/mol. The summed E-state index contributed by atoms with van der Waals surface area (Å²) in [5.41, 5.74) is 1.79. The molecule has 6 nitrogen and oxygen atoms in total. The van der Waals surface area contributed by atoms with Gasteiger partial charge in [-0.15, -0.1) is 0 Å². The SMILES string of the molecule is CC(=O)N1C[C@H](C)CCC12O[C@H]1C[C@H]3[C@@H]4CC=C5C[C@@H](O)CC[C@]5(C)[C@H]4CC[C@]3(C)[C@H]1[C@@H]2C.CC(=O)O. The molecule has 1 amide bonds. The van der Waals surface area contributed by atoms with Crippen molar-refractivity contribution >= 4 is 11.9 Å². The Bertz CT molecular complexity index is 959. The third-order valence-electron chi connectivity index (χ3n) is 12.1. The lowest BCUT2D eigenvalue weighted by atomic mass is 9.47. The molecule has 37 heavy (non-hydrogen) atoms. The van der Waals surface area contributed by atoms with Crippen LogP contribution in [-0.2, 0) is 14.3 Å². The van der Waals surface area contributed by atoms with Crippen LogP contribution in [0.1, 0.15) is 99.3 Å². The molecule has 2 N–H and O–H groups in total. The number of rotatable bonds is 0. The van der Waals surface area contributed by atoms with E-state index in [0.717, 1.165) is 63.3 Å². The number of hydrogen-bond donors (Lipinski definition) is 2. The molecule has 1 spiro atoms. The summed E-state index contributed by atoms with van der Waals surface area (Å²) in [5, 5.41) is 17.7. The summed E-state index contributed by atoms with van der Waals surface area (Å²) in [4.78, 5) is 23.9. The van der Waals surface area contributed by atoms with Crippen molar-refractivity contribution in [2.45, 2.75) is 117 Å². The van der Waals surface area contributed by atoms with Crippen LogP contribution < -0.4 is 0 Å². The van der Waals surface area contributed by atoms with Gasteiger partial charge in [0.2, 0.25) is 5.91 Å². The molecule has 6 aliphatic rings. The largest absolute Gasteiger partial charge is 0.481 e. The molecule has 6 heteroatoms. The Morgan fingerprint density at radius 1 is 1.05 bits per heavy atom. The number of amides is 1. The summed E-state index contributed by atoms with van der Waals surface area (Å²) < 4.78 is 7.09. The number of carboxylic acids is 1. The number of ether oxygens (including phenoxy) is 1. The zero-order valence-electron chi connectivity index (χ0n) is 23.8. The zero-order chi connectivity index (χ0) is 26.9. The van der Waals surface area contributed by atoms with E-state index in [4.69, 9.17) is 14.6 Å². The van der Waals surface area contributed by atoms with Gasteiger partial charge in [0, 0.05) is 26.3 Å². The topological polar surface area (TPSA) is 87.1 Å². The number of carbonyl (C=O) groups excluding carboxylic acids is 1. The molecule has 2 heterocycles. The van der Waals surface area contributed by atoms with Crippen molar-refractivity contribution in [1.29, 1.82) is 0 Å². The number of aliphatic carboxylic acids is 1. The van der Waals surface area contributed by atoms with E-state index in [9.17, 15) is 9.90 Å². The maximum atomic E-state index is 12.7. The number of fused-ring (bicyclic) bond motifs is 7. The fourth-order valence-corrected chi connectivity index (χ4v) is 10.5. The first-order valence-electron chi connectivity index (χ1n) is 14.9. The molecule has 0 aromatic carbocycles. The summed E-state index contributed by atoms with van der Waals surface area (Å²) in [5.74, 6) is 3.12. The molecular weight excluding hydrogens is 466 g/mol. The number of likely N-dealkylation sites (tertiary alicyclic amines) is 1. The van der Waals surface area contributed by atoms with E-state index >= 15 is 0 Å². The van der Waals surface area contributed by atoms with Gasteiger partial charge < -0.3 is 19.8 Å². The highest BCUT2D eigenvalue weighted by Gasteiger charge is 2.69. The van der Waals surface area contributed by atoms with E-state index in [1.807, 2.05) is 0 Å². The first-order chi connectivity index (χ1) is 17.3. The fraction of sp³-hybridized carbons (Fsp3) is 0.871. The van der Waals surface area contributed by atoms with Gasteiger partial charge in [-0.2, -0.15) is 0 Å². The summed E-state index contributed by atoms with van der Waals surface area (Å²) in [6, 6.07) is 0. The molecule has 11 atom stereocenters. The number of carbonyl (C=O) groups is 2. The van der Waals surface area contributed by atoms with Gasteiger partial charge in [0.05, 0.1) is 12.2 Å². The predicted molar refractivity (Wildman–Crippen MR) is 142 cm³/mol. The lowest BCUT2D eigenvalue weighted by Gasteiger charge is -2.59. The number of nitrogens with zero attached hydrogens (tertiary/aromatic N) is 1. The van der Waals surface area contributed by atoms with Crippen LogP contribution in [0.4, 0.5) is 0 Å². The van der Waals surface area contributed by atoms with Crippen LogP contribution in [0, 0.1) is 46.3 Å². The van der Waals surface area contributed by atoms with Crippen LogP contribution in [0.2, 0.25) is 0 Å². The van der Waals surface area contributed by atoms with Crippen molar-refractivity contribution in [3.8, 4) is 0 Å². The molecular formula is C31H49NO5. The molecule has 4 aliphatic carbocycles. The maximum Gasteiger partial charge on any atom is 0.300 e. The summed E-state index contributed by atoms with van der Waals surface area (Å²) in [7, 11) is 0. The van der Waals surface area contributed by atoms with Gasteiger partial charge >= 0.3 is 0 Å². The quantitative estimate of drug-likeness (QED) is 0.408. The van der Waals surface area contributed by atoms with E-state index in [-0.39, 0.29) is 17.7 Å². The minimum Gasteiger partial charge on any atom is -0.481 e. The molecule has 6 rings (SSSR count). The third kappa shape index (κ3) is 4.11. The Labute approximate surface area is 223 Å². The Kier molecular flexibility index (Phi) is 6.88. The van der Waals surface area contributed by atoms with Crippen LogP contribution in [-0.4, -0.2) is 51.5 Å². The Hall–Kier alpha value is -1.40. The fourth-order valence-electron chi connectivity index (χ4n) is 10.5. The first-order valence-corrected chi connectivity index (χ1v) is 14.9. The minimum absolute atomic E-state index is 0.131. The predicted octanol–water partition coefficient (Wildman–Crippen LogP) is 5.64. The second-order valence-electron chi connectivity index (χ2n) is 14.0. The number of hydrogen-bond acceptors (Lipinski definition) is 4. The number of aliphatic hydroxyl groups excluding tert-OH is 1. The van der Waals surface area contributed by atoms with E-state index in [1.54, 1.807) is 12.5 Å². The molecule has 0 aromatic rings. The Morgan fingerprint density at radius 2 is 1.76 bits per heavy atom. The molecule has 2 saturated heterocycles. The molecule has 208 valence electrons. The summed E-state index contributed by atoms with van der Waals surface area (Å²) in [6.45, 7) is 13.5. The van der Waals surface area contributed by atoms with Gasteiger partial charge in [-0.25, -0.2) is 0 Å². The third-order valence-corrected chi connectivity index (χ3v) is 12.1. The highest BCUT2D eigenvalue weighted by Crippen LogP contribution is 2.70. The van der Waals surface area contributed by atoms with Crippen molar-refractivity contribution in [3.05, 3.63) is 11.6 Å². The zero-order valence-corrected chi connectivity index (χ0v) is 23.8. The van der Waals surface area contributed by atoms with Crippen molar-refractivity contribution in [1.82, 2.24) is 4.90 Å². The molecule has 1 unspecified atom stereocenters. The number of carboxylic acid groups (broad SMARTS) is 1. The molecule has 5 fully saturated rings. The van der Waals surface area contributed by atoms with Crippen molar-refractivity contribution < 1.29 is 24.5 Å². The number of aliphatic hydroxyl groups is 1. The summed E-state index contributed by atoms with van der Waals surface area (Å²) >= 11 is 0. The number of allylic oxidation sites excluding steroid dienone is 1. The minimum atomic E-state index is -0.833. The highest BCUT2D eigenvalue weighted by molar-refractivity contribution is 5.74. The molecule has 3 saturated carbocycles. The van der Waals surface area contributed by atoms with Gasteiger partial charge in [0.1, 0.15) is 5.72 Å². The molecule has 0 aromatic heterocycles. The van der Waals surface area contributed by atoms with Crippen LogP contribution in [0.5, 0.6) is 0 Å². The Balaban J connectivity index is 0.000000655. The van der Waals surface area contributed by atoms with E-state index < -0.39 is 5.97 Å². The van der Waals surface area contributed by atoms with Crippen molar-refractivity contribution in [3.63, 3.8) is 0 Å². The monoisotopic (exact) mass is 515 g/mol. The lowest BCUT2D eigenvalue weighted by molar-refractivity contribution is -0.200. The van der Waals surface area contributed by atoms with Crippen LogP contribution in [0.15, 0.2) is 11.6 Å². The second-order valence-corrected chi connectivity index (χ2v) is 14.0. The van der Waals surface area contributed by atoms with E-state index in [2.05, 4.69) is 38.7 Å². The highest BCUT2D eigenvalue weighted by atomic mass is 16.5. The lowest BCUT2D eigenvalue weighted by Crippen LogP contribution is -2.60. The standard InChI is InChI=1S/C29H45NO3.C2H4O2/c1-17-8-13-29(30(16-17)19(3)31)18(2)26-25(33-29)15-24-22-7-6-20-14-21(32)9-11-27(20,4)23(22)10-12-28(24,26)5;1-2(3)4/h6,17-18,21-26,32H,7-16H2,1-5H3;1H3,(H,3,4)/t17-,18+,21+,22-,23+,24+,25+,26+,27+,28+,29?;/m1./s1. The second kappa shape index (κ2) is 9.36. The van der Waals surface area contributed by atoms with Crippen LogP contribution in [0.25, 0.3) is 0 Å². The normalized spacial score (nSPS) is 50.1. The maximum absolute atomic E-state index is 12.7. The number of piperidine rings is 1. The van der Waals surface area contributed by atoms with E-state index in [1.165, 1.54) is 25.7 Å². The van der Waals surface area contributed by atoms with Gasteiger partial charge in [0.25, 0.3) is 5.97 Å². The first kappa shape index (κ1) is 27.2. The van der Waals surface area contributed by atoms with Crippen molar-refractivity contribution in [2.24, 2.45) is 46.3 Å². The van der Waals surface area contributed by atoms with Gasteiger partial charge in [-0.3, -0.25) is 9.59 Å². The Morgan fingerprint density at radius 3 is 2.43 bits per heavy atom. The molecule has 0 radical (unpaired) electrons. The van der Waals surface area contributed by atoms with Crippen LogP contribution in [0.3, 0.4) is 0 Å². The van der Waals surface area contributed by atoms with Gasteiger partial charge in [-0.1, -0.05) is 39.3 Å². The van der Waals surface area contributed by atoms with Gasteiger partial charge in [-0.05, 0) is 98.2 Å². The van der Waals surface area contributed by atoms with Gasteiger partial charge in [0.15, 0.2) is 0 Å². The van der Waals surface area contributed by atoms with Crippen molar-refractivity contribution in [2.75, 3.05) is 6.54 Å². The average Bonchev–Trinajstić information content (AvgIpc) is 3.26. The molecule has 0 bridgehead atoms. The van der Waals surface area contributed by atoms with Crippen LogP contribution >= 0.6 is 0 Å². The smallest absolute Gasteiger partial charge is 0.300 e. The summed E-state index contributed by atoms with van der Waals surface area (Å²) in [6.07, 6.45) is 12.9. The van der Waals surface area contributed by atoms with E-state index in [0.29, 0.717) is 34.7 Å².